The number of nitrogens with two attached hydrogens (primary N) is 1. The minimum Gasteiger partial charge on any atom is -0.370 e. The molecule has 0 aromatic carbocycles. The molecule has 5 heteroatoms. The van der Waals surface area contributed by atoms with Crippen LogP contribution >= 0.6 is 0 Å². The smallest absolute Gasteiger partial charge is 0.243 e. The Morgan fingerprint density at radius 3 is 2.80 bits per heavy atom. The van der Waals surface area contributed by atoms with Gasteiger partial charge in [0, 0.05) is 6.61 Å². The summed E-state index contributed by atoms with van der Waals surface area (Å²) in [5.41, 5.74) is 5.66. The molecular weight excluding hydrogens is 194 g/mol. The molecule has 84 valence electrons. The molecule has 1 saturated carbocycles. The summed E-state index contributed by atoms with van der Waals surface area (Å²) in [5.74, 6) is 1.69. The van der Waals surface area contributed by atoms with Gasteiger partial charge in [0.05, 0.1) is 6.04 Å². The lowest BCUT2D eigenvalue weighted by Crippen LogP contribution is -2.10. The molecule has 2 unspecified atom stereocenters. The van der Waals surface area contributed by atoms with Gasteiger partial charge in [0.25, 0.3) is 0 Å². The third-order valence-electron chi connectivity index (χ3n) is 2.50. The molecule has 1 heterocycles. The molecule has 0 aliphatic heterocycles. The largest absolute Gasteiger partial charge is 0.370 e. The Hall–Kier alpha value is -0.940. The van der Waals surface area contributed by atoms with Gasteiger partial charge in [-0.15, -0.1) is 0 Å². The van der Waals surface area contributed by atoms with Crippen LogP contribution in [0.3, 0.4) is 0 Å². The molecule has 0 saturated heterocycles. The maximum Gasteiger partial charge on any atom is 0.243 e. The zero-order valence-corrected chi connectivity index (χ0v) is 9.14. The lowest BCUT2D eigenvalue weighted by atomic mass is 10.2. The van der Waals surface area contributed by atoms with Gasteiger partial charge in [-0.2, -0.15) is 4.98 Å². The Balaban J connectivity index is 2.10. The van der Waals surface area contributed by atoms with E-state index in [0.717, 1.165) is 0 Å². The molecular formula is C10H17N3O2. The maximum absolute atomic E-state index is 5.66. The van der Waals surface area contributed by atoms with Crippen molar-refractivity contribution < 1.29 is 9.26 Å². The Bertz CT molecular complexity index is 320. The summed E-state index contributed by atoms with van der Waals surface area (Å²) in [6, 6.07) is -0.215. The molecule has 0 radical (unpaired) electrons. The van der Waals surface area contributed by atoms with Gasteiger partial charge in [-0.25, -0.2) is 0 Å². The number of hydrogen-bond donors (Lipinski definition) is 1. The minimum atomic E-state index is -0.215. The fraction of sp³-hybridized carbons (Fsp3) is 0.800. The number of rotatable bonds is 5. The predicted octanol–water partition coefficient (Wildman–Crippen LogP) is 1.58. The number of nitrogens with zero attached hydrogens (tertiary/aromatic N) is 2. The average molecular weight is 211 g/mol. The summed E-state index contributed by atoms with van der Waals surface area (Å²) < 4.78 is 10.7. The zero-order chi connectivity index (χ0) is 10.8. The van der Waals surface area contributed by atoms with Gasteiger partial charge in [0.15, 0.2) is 0 Å². The van der Waals surface area contributed by atoms with Gasteiger partial charge >= 0.3 is 0 Å². The molecule has 2 atom stereocenters. The van der Waals surface area contributed by atoms with Crippen LogP contribution in [0.15, 0.2) is 4.52 Å². The second-order valence-corrected chi connectivity index (χ2v) is 3.99. The molecule has 1 aromatic rings. The van der Waals surface area contributed by atoms with Crippen molar-refractivity contribution in [2.24, 2.45) is 11.7 Å². The van der Waals surface area contributed by atoms with Gasteiger partial charge in [-0.1, -0.05) is 5.16 Å². The highest BCUT2D eigenvalue weighted by Gasteiger charge is 2.36. The normalized spacial score (nSPS) is 20.2. The van der Waals surface area contributed by atoms with Crippen LogP contribution in [0.5, 0.6) is 0 Å². The molecule has 1 fully saturated rings. The predicted molar refractivity (Wildman–Crippen MR) is 54.0 cm³/mol. The molecule has 0 spiro atoms. The number of ether oxygens (including phenoxy) is 1. The van der Waals surface area contributed by atoms with Crippen molar-refractivity contribution >= 4 is 0 Å². The van der Waals surface area contributed by atoms with Crippen molar-refractivity contribution in [1.29, 1.82) is 0 Å². The van der Waals surface area contributed by atoms with Crippen LogP contribution in [-0.4, -0.2) is 16.7 Å². The second kappa shape index (κ2) is 4.28. The van der Waals surface area contributed by atoms with Crippen molar-refractivity contribution in [3.05, 3.63) is 11.7 Å². The number of hydrogen-bond acceptors (Lipinski definition) is 5. The van der Waals surface area contributed by atoms with Crippen LogP contribution in [0.4, 0.5) is 0 Å². The van der Waals surface area contributed by atoms with E-state index in [-0.39, 0.29) is 12.1 Å². The van der Waals surface area contributed by atoms with Crippen LogP contribution in [-0.2, 0) is 4.74 Å². The summed E-state index contributed by atoms with van der Waals surface area (Å²) in [7, 11) is 0. The van der Waals surface area contributed by atoms with Crippen molar-refractivity contribution in [1.82, 2.24) is 10.1 Å². The standard InChI is InChI=1S/C10H17N3O2/c1-3-14-8(7-4-5-7)9-12-10(6(2)11)15-13-9/h6-8H,3-5,11H2,1-2H3. The van der Waals surface area contributed by atoms with E-state index in [1.807, 2.05) is 13.8 Å². The van der Waals surface area contributed by atoms with E-state index in [1.165, 1.54) is 12.8 Å². The van der Waals surface area contributed by atoms with E-state index in [4.69, 9.17) is 15.0 Å². The van der Waals surface area contributed by atoms with Crippen molar-refractivity contribution in [3.8, 4) is 0 Å². The highest BCUT2D eigenvalue weighted by molar-refractivity contribution is 4.99. The van der Waals surface area contributed by atoms with Crippen LogP contribution in [0.2, 0.25) is 0 Å². The van der Waals surface area contributed by atoms with Crippen molar-refractivity contribution in [2.75, 3.05) is 6.61 Å². The van der Waals surface area contributed by atoms with Gasteiger partial charge in [-0.05, 0) is 32.6 Å². The first-order chi connectivity index (χ1) is 7.22. The molecule has 1 aromatic heterocycles. The van der Waals surface area contributed by atoms with Crippen LogP contribution < -0.4 is 5.73 Å². The molecule has 0 bridgehead atoms. The first kappa shape index (κ1) is 10.6. The molecule has 2 N–H and O–H groups in total. The van der Waals surface area contributed by atoms with Crippen LogP contribution in [0.1, 0.15) is 50.6 Å². The Labute approximate surface area is 89.0 Å². The van der Waals surface area contributed by atoms with E-state index in [1.54, 1.807) is 0 Å². The van der Waals surface area contributed by atoms with E-state index in [9.17, 15) is 0 Å². The van der Waals surface area contributed by atoms with E-state index in [2.05, 4.69) is 10.1 Å². The van der Waals surface area contributed by atoms with Crippen molar-refractivity contribution in [3.63, 3.8) is 0 Å². The summed E-state index contributed by atoms with van der Waals surface area (Å²) in [6.07, 6.45) is 2.37. The second-order valence-electron chi connectivity index (χ2n) is 3.99. The lowest BCUT2D eigenvalue weighted by molar-refractivity contribution is 0.0384. The Morgan fingerprint density at radius 2 is 2.33 bits per heavy atom. The molecule has 5 nitrogen and oxygen atoms in total. The Morgan fingerprint density at radius 1 is 1.60 bits per heavy atom. The summed E-state index contributed by atoms with van der Waals surface area (Å²) >= 11 is 0. The number of aromatic nitrogens is 2. The summed E-state index contributed by atoms with van der Waals surface area (Å²) in [5, 5.41) is 3.93. The highest BCUT2D eigenvalue weighted by Crippen LogP contribution is 2.42. The van der Waals surface area contributed by atoms with E-state index < -0.39 is 0 Å². The zero-order valence-electron chi connectivity index (χ0n) is 9.14. The summed E-state index contributed by atoms with van der Waals surface area (Å²) in [6.45, 7) is 4.47. The summed E-state index contributed by atoms with van der Waals surface area (Å²) in [4.78, 5) is 4.26. The lowest BCUT2D eigenvalue weighted by Gasteiger charge is -2.11. The van der Waals surface area contributed by atoms with E-state index in [0.29, 0.717) is 24.2 Å². The first-order valence-corrected chi connectivity index (χ1v) is 5.43. The van der Waals surface area contributed by atoms with Crippen molar-refractivity contribution in [2.45, 2.75) is 38.8 Å². The molecule has 15 heavy (non-hydrogen) atoms. The monoisotopic (exact) mass is 211 g/mol. The average Bonchev–Trinajstić information content (AvgIpc) is 2.91. The molecule has 1 aliphatic carbocycles. The van der Waals surface area contributed by atoms with Gasteiger partial charge < -0.3 is 15.0 Å². The first-order valence-electron chi connectivity index (χ1n) is 5.43. The van der Waals surface area contributed by atoms with Gasteiger partial charge in [-0.3, -0.25) is 0 Å². The van der Waals surface area contributed by atoms with Crippen LogP contribution in [0, 0.1) is 5.92 Å². The highest BCUT2D eigenvalue weighted by atomic mass is 16.5. The third kappa shape index (κ3) is 2.35. The fourth-order valence-electron chi connectivity index (χ4n) is 1.55. The van der Waals surface area contributed by atoms with Crippen LogP contribution in [0.25, 0.3) is 0 Å². The molecule has 0 amide bonds. The topological polar surface area (TPSA) is 74.2 Å². The fourth-order valence-corrected chi connectivity index (χ4v) is 1.55. The van der Waals surface area contributed by atoms with Gasteiger partial charge in [0.2, 0.25) is 11.7 Å². The Kier molecular flexibility index (Phi) is 3.02. The maximum atomic E-state index is 5.66. The quantitative estimate of drug-likeness (QED) is 0.800. The SMILES string of the molecule is CCOC(c1noc(C(C)N)n1)C1CC1. The van der Waals surface area contributed by atoms with Gasteiger partial charge in [0.1, 0.15) is 6.10 Å². The third-order valence-corrected chi connectivity index (χ3v) is 2.50. The molecule has 2 rings (SSSR count). The minimum absolute atomic E-state index is 0.00810. The molecule has 1 aliphatic rings. The van der Waals surface area contributed by atoms with E-state index >= 15 is 0 Å².